The van der Waals surface area contributed by atoms with Gasteiger partial charge in [-0.2, -0.15) is 0 Å². The van der Waals surface area contributed by atoms with Crippen molar-refractivity contribution < 1.29 is 8.78 Å². The van der Waals surface area contributed by atoms with Crippen molar-refractivity contribution in [2.24, 2.45) is 0 Å². The summed E-state index contributed by atoms with van der Waals surface area (Å²) in [6, 6.07) is 39.4. The lowest BCUT2D eigenvalue weighted by atomic mass is 10.4. The molecule has 0 heterocycles. The van der Waals surface area contributed by atoms with Gasteiger partial charge in [0.2, 0.25) is 0 Å². The van der Waals surface area contributed by atoms with E-state index in [4.69, 9.17) is 0 Å². The summed E-state index contributed by atoms with van der Waals surface area (Å²) in [5.41, 5.74) is -2.71. The quantitative estimate of drug-likeness (QED) is 0.209. The first kappa shape index (κ1) is 38.7. The van der Waals surface area contributed by atoms with Gasteiger partial charge in [-0.3, -0.25) is 0 Å². The summed E-state index contributed by atoms with van der Waals surface area (Å²) in [7, 11) is -1.80. The molecule has 0 aliphatic rings. The Kier molecular flexibility index (Phi) is 24.5. The van der Waals surface area contributed by atoms with E-state index >= 15 is 0 Å². The van der Waals surface area contributed by atoms with Crippen LogP contribution in [-0.2, 0) is 0 Å². The molecule has 0 aromatic heterocycles. The van der Waals surface area contributed by atoms with Crippen molar-refractivity contribution in [1.82, 2.24) is 0 Å². The minimum atomic E-state index is -2.71. The SMILES string of the molecule is CC.CC.CC.CC.CC(F)(F)P(c1ccccc1)c1ccccc1.CP(c1ccccc1)c1ccccc1. The predicted octanol–water partition coefficient (Wildman–Crippen LogP) is 10.6. The van der Waals surface area contributed by atoms with Crippen molar-refractivity contribution in [3.05, 3.63) is 121 Å². The van der Waals surface area contributed by atoms with Crippen molar-refractivity contribution in [3.63, 3.8) is 0 Å². The highest BCUT2D eigenvalue weighted by Crippen LogP contribution is 2.49. The van der Waals surface area contributed by atoms with E-state index in [2.05, 4.69) is 67.3 Å². The number of benzene rings is 4. The summed E-state index contributed by atoms with van der Waals surface area (Å²) >= 11 is 0. The summed E-state index contributed by atoms with van der Waals surface area (Å²) in [6.07, 6.45) is 0. The van der Waals surface area contributed by atoms with E-state index in [1.54, 1.807) is 48.5 Å². The Hall–Kier alpha value is -2.40. The Balaban J connectivity index is 0. The van der Waals surface area contributed by atoms with Crippen LogP contribution < -0.4 is 21.2 Å². The van der Waals surface area contributed by atoms with Crippen LogP contribution in [0, 0.1) is 0 Å². The highest BCUT2D eigenvalue weighted by atomic mass is 31.1. The molecular weight excluding hydrogens is 520 g/mol. The third-order valence-corrected chi connectivity index (χ3v) is 9.27. The summed E-state index contributed by atoms with van der Waals surface area (Å²) in [6.45, 7) is 19.3. The van der Waals surface area contributed by atoms with E-state index in [9.17, 15) is 8.78 Å². The molecule has 0 aliphatic carbocycles. The lowest BCUT2D eigenvalue weighted by Crippen LogP contribution is -2.23. The molecule has 4 aromatic rings. The van der Waals surface area contributed by atoms with Crippen LogP contribution in [0.25, 0.3) is 0 Å². The normalized spacial score (nSPS) is 9.49. The molecule has 0 N–H and O–H groups in total. The van der Waals surface area contributed by atoms with E-state index in [1.807, 2.05) is 67.5 Å². The molecule has 0 spiro atoms. The lowest BCUT2D eigenvalue weighted by molar-refractivity contribution is 0.123. The Labute approximate surface area is 241 Å². The van der Waals surface area contributed by atoms with Crippen LogP contribution in [0.5, 0.6) is 0 Å². The maximum atomic E-state index is 13.8. The first-order chi connectivity index (χ1) is 19.0. The maximum Gasteiger partial charge on any atom is 0.270 e. The summed E-state index contributed by atoms with van der Waals surface area (Å²) in [4.78, 5) is 0. The fourth-order valence-electron chi connectivity index (χ4n) is 3.21. The van der Waals surface area contributed by atoms with Crippen LogP contribution in [0.15, 0.2) is 121 Å². The minimum Gasteiger partial charge on any atom is -0.201 e. The zero-order valence-electron chi connectivity index (χ0n) is 25.7. The zero-order chi connectivity index (χ0) is 30.1. The number of hydrogen-bond donors (Lipinski definition) is 0. The van der Waals surface area contributed by atoms with Gasteiger partial charge in [-0.15, -0.1) is 0 Å². The first-order valence-corrected chi connectivity index (χ1v) is 17.2. The number of alkyl halides is 2. The second-order valence-corrected chi connectivity index (χ2v) is 11.7. The molecule has 0 saturated carbocycles. The molecular formula is C35H50F2P2. The molecule has 0 unspecified atom stereocenters. The molecule has 0 bridgehead atoms. The number of halogens is 2. The van der Waals surface area contributed by atoms with Crippen molar-refractivity contribution in [2.45, 2.75) is 68.0 Å². The van der Waals surface area contributed by atoms with Crippen LogP contribution in [0.2, 0.25) is 0 Å². The van der Waals surface area contributed by atoms with Gasteiger partial charge in [0, 0.05) is 14.8 Å². The predicted molar refractivity (Wildman–Crippen MR) is 180 cm³/mol. The molecule has 0 atom stereocenters. The molecule has 4 rings (SSSR count). The number of hydrogen-bond acceptors (Lipinski definition) is 0. The van der Waals surface area contributed by atoms with Crippen LogP contribution >= 0.6 is 15.8 Å². The van der Waals surface area contributed by atoms with Crippen molar-refractivity contribution in [3.8, 4) is 0 Å². The Morgan fingerprint density at radius 1 is 0.410 bits per heavy atom. The van der Waals surface area contributed by atoms with E-state index in [0.717, 1.165) is 6.92 Å². The largest absolute Gasteiger partial charge is 0.270 e. The van der Waals surface area contributed by atoms with Crippen molar-refractivity contribution in [2.75, 3.05) is 6.66 Å². The van der Waals surface area contributed by atoms with E-state index < -0.39 is 13.6 Å². The topological polar surface area (TPSA) is 0 Å². The highest BCUT2D eigenvalue weighted by molar-refractivity contribution is 7.74. The van der Waals surface area contributed by atoms with Gasteiger partial charge in [-0.25, -0.2) is 8.78 Å². The molecule has 4 heteroatoms. The lowest BCUT2D eigenvalue weighted by Gasteiger charge is -2.24. The Bertz CT molecular complexity index is 941. The smallest absolute Gasteiger partial charge is 0.201 e. The van der Waals surface area contributed by atoms with Crippen LogP contribution in [0.1, 0.15) is 62.3 Å². The molecule has 0 fully saturated rings. The minimum absolute atomic E-state index is 0.171. The fraction of sp³-hybridized carbons (Fsp3) is 0.314. The van der Waals surface area contributed by atoms with Gasteiger partial charge in [-0.05, 0) is 35.8 Å². The van der Waals surface area contributed by atoms with E-state index in [-0.39, 0.29) is 7.92 Å². The van der Waals surface area contributed by atoms with Crippen molar-refractivity contribution >= 4 is 37.1 Å². The third kappa shape index (κ3) is 15.1. The van der Waals surface area contributed by atoms with Gasteiger partial charge in [0.05, 0.1) is 0 Å². The van der Waals surface area contributed by atoms with Gasteiger partial charge in [-0.1, -0.05) is 177 Å². The molecule has 0 saturated heterocycles. The van der Waals surface area contributed by atoms with Crippen LogP contribution in [0.4, 0.5) is 8.78 Å². The van der Waals surface area contributed by atoms with Gasteiger partial charge in [0.1, 0.15) is 0 Å². The first-order valence-electron chi connectivity index (χ1n) is 14.1. The average molecular weight is 571 g/mol. The van der Waals surface area contributed by atoms with E-state index in [0.29, 0.717) is 10.6 Å². The molecule has 214 valence electrons. The molecule has 0 aliphatic heterocycles. The Morgan fingerprint density at radius 2 is 0.615 bits per heavy atom. The second kappa shape index (κ2) is 24.6. The maximum absolute atomic E-state index is 13.8. The van der Waals surface area contributed by atoms with Crippen LogP contribution in [-0.4, -0.2) is 12.3 Å². The molecule has 0 amide bonds. The Morgan fingerprint density at radius 3 is 0.821 bits per heavy atom. The summed E-state index contributed by atoms with van der Waals surface area (Å²) in [5, 5.41) is 4.30. The standard InChI is InChI=1S/C14H13F2P.C13H13P.4C2H6/c1-14(15,16)17(12-8-4-2-5-9-12)13-10-6-3-7-11-13;1-14(12-8-4-2-5-9-12)13-10-6-3-7-11-13;4*1-2/h2-11H,1H3;2-11H,1H3;4*1-2H3. The van der Waals surface area contributed by atoms with E-state index in [1.165, 1.54) is 10.6 Å². The monoisotopic (exact) mass is 570 g/mol. The fourth-order valence-corrected chi connectivity index (χ4v) is 6.89. The average Bonchev–Trinajstić information content (AvgIpc) is 3.02. The summed E-state index contributed by atoms with van der Waals surface area (Å²) < 4.78 is 27.6. The third-order valence-electron chi connectivity index (χ3n) is 4.71. The van der Waals surface area contributed by atoms with Gasteiger partial charge in [0.15, 0.2) is 0 Å². The molecule has 0 radical (unpaired) electrons. The van der Waals surface area contributed by atoms with Crippen molar-refractivity contribution in [1.29, 1.82) is 0 Å². The zero-order valence-corrected chi connectivity index (χ0v) is 27.5. The second-order valence-electron chi connectivity index (χ2n) is 7.08. The molecule has 0 nitrogen and oxygen atoms in total. The molecule has 39 heavy (non-hydrogen) atoms. The van der Waals surface area contributed by atoms with Gasteiger partial charge >= 0.3 is 0 Å². The molecule has 4 aromatic carbocycles. The summed E-state index contributed by atoms with van der Waals surface area (Å²) in [5.74, 6) is 0. The van der Waals surface area contributed by atoms with Gasteiger partial charge in [0.25, 0.3) is 5.66 Å². The van der Waals surface area contributed by atoms with Gasteiger partial charge < -0.3 is 0 Å². The number of rotatable bonds is 5. The van der Waals surface area contributed by atoms with Crippen LogP contribution in [0.3, 0.4) is 0 Å². The highest BCUT2D eigenvalue weighted by Gasteiger charge is 2.36.